The van der Waals surface area contributed by atoms with Gasteiger partial charge in [0, 0.05) is 18.0 Å². The second-order valence-corrected chi connectivity index (χ2v) is 8.77. The van der Waals surface area contributed by atoms with Crippen LogP contribution in [0.25, 0.3) is 0 Å². The molecule has 2 unspecified atom stereocenters. The summed E-state index contributed by atoms with van der Waals surface area (Å²) in [5.41, 5.74) is 9.34. The summed E-state index contributed by atoms with van der Waals surface area (Å²) in [5.74, 6) is 3.15. The van der Waals surface area contributed by atoms with Gasteiger partial charge in [-0.2, -0.15) is 0 Å². The van der Waals surface area contributed by atoms with Crippen LogP contribution in [0.2, 0.25) is 0 Å². The van der Waals surface area contributed by atoms with Crippen LogP contribution in [0.3, 0.4) is 0 Å². The molecule has 1 heterocycles. The van der Waals surface area contributed by atoms with Crippen molar-refractivity contribution in [1.82, 2.24) is 0 Å². The van der Waals surface area contributed by atoms with Gasteiger partial charge in [0.25, 0.3) is 0 Å². The molecule has 6 rings (SSSR count). The first-order valence-corrected chi connectivity index (χ1v) is 9.30. The maximum atomic E-state index is 10.2. The van der Waals surface area contributed by atoms with Crippen LogP contribution in [0.4, 0.5) is 0 Å². The highest BCUT2D eigenvalue weighted by Crippen LogP contribution is 2.61. The summed E-state index contributed by atoms with van der Waals surface area (Å²) in [6.45, 7) is 0.592. The molecule has 3 nitrogen and oxygen atoms in total. The largest absolute Gasteiger partial charge is 0.508 e. The lowest BCUT2D eigenvalue weighted by molar-refractivity contribution is -0.106. The van der Waals surface area contributed by atoms with E-state index >= 15 is 0 Å². The average Bonchev–Trinajstić information content (AvgIpc) is 2.53. The normalized spacial score (nSPS) is 42.5. The van der Waals surface area contributed by atoms with Crippen LogP contribution >= 0.6 is 0 Å². The van der Waals surface area contributed by atoms with Crippen LogP contribution in [-0.2, 0) is 17.8 Å². The lowest BCUT2D eigenvalue weighted by Crippen LogP contribution is -2.59. The van der Waals surface area contributed by atoms with Gasteiger partial charge in [0.1, 0.15) is 5.75 Å². The van der Waals surface area contributed by atoms with Crippen molar-refractivity contribution < 1.29 is 9.84 Å². The molecule has 0 aromatic heterocycles. The molecule has 0 radical (unpaired) electrons. The number of ether oxygens (including phenoxy) is 1. The topological polar surface area (TPSA) is 55.5 Å². The fourth-order valence-electron chi connectivity index (χ4n) is 6.66. The molecule has 3 N–H and O–H groups in total. The molecule has 1 aromatic rings. The Morgan fingerprint density at radius 1 is 1.09 bits per heavy atom. The maximum absolute atomic E-state index is 10.2. The van der Waals surface area contributed by atoms with Crippen molar-refractivity contribution in [2.24, 2.45) is 28.9 Å². The Balaban J connectivity index is 1.41. The number of phenolic OH excluding ortho intramolecular Hbond substituents is 1. The maximum Gasteiger partial charge on any atom is 0.119 e. The monoisotopic (exact) mass is 313 g/mol. The van der Waals surface area contributed by atoms with Crippen molar-refractivity contribution in [3.63, 3.8) is 0 Å². The Morgan fingerprint density at radius 3 is 2.39 bits per heavy atom. The van der Waals surface area contributed by atoms with Crippen LogP contribution in [-0.4, -0.2) is 17.3 Å². The summed E-state index contributed by atoms with van der Waals surface area (Å²) in [6, 6.07) is 5.86. The Hall–Kier alpha value is -1.06. The van der Waals surface area contributed by atoms with Gasteiger partial charge in [0.2, 0.25) is 0 Å². The van der Waals surface area contributed by atoms with Crippen LogP contribution < -0.4 is 5.73 Å². The summed E-state index contributed by atoms with van der Waals surface area (Å²) >= 11 is 0. The summed E-state index contributed by atoms with van der Waals surface area (Å²) in [6.07, 6.45) is 9.11. The first kappa shape index (κ1) is 14.3. The lowest BCUT2D eigenvalue weighted by Gasteiger charge is -2.60. The fourth-order valence-corrected chi connectivity index (χ4v) is 6.66. The standard InChI is InChI=1S/C20H27NO2/c21-19(18-7-16-15(11-23-18)2-1-3-17(16)22)20-8-12-4-13(9-20)6-14(5-12)10-20/h1-3,12-14,18-19,22H,4-11,21H2. The molecule has 4 aliphatic carbocycles. The average molecular weight is 313 g/mol. The van der Waals surface area contributed by atoms with Crippen molar-refractivity contribution in [1.29, 1.82) is 0 Å². The van der Waals surface area contributed by atoms with E-state index in [2.05, 4.69) is 6.07 Å². The third kappa shape index (κ3) is 2.16. The van der Waals surface area contributed by atoms with E-state index in [0.29, 0.717) is 17.8 Å². The van der Waals surface area contributed by atoms with E-state index < -0.39 is 0 Å². The molecule has 4 saturated carbocycles. The van der Waals surface area contributed by atoms with E-state index in [9.17, 15) is 5.11 Å². The van der Waals surface area contributed by atoms with Crippen LogP contribution in [0.15, 0.2) is 18.2 Å². The molecule has 3 heteroatoms. The molecule has 124 valence electrons. The smallest absolute Gasteiger partial charge is 0.119 e. The first-order chi connectivity index (χ1) is 11.1. The second-order valence-electron chi connectivity index (χ2n) is 8.77. The third-order valence-corrected chi connectivity index (χ3v) is 7.30. The molecule has 2 atom stereocenters. The second kappa shape index (κ2) is 4.97. The summed E-state index contributed by atoms with van der Waals surface area (Å²) < 4.78 is 6.17. The summed E-state index contributed by atoms with van der Waals surface area (Å²) in [7, 11) is 0. The zero-order chi connectivity index (χ0) is 15.6. The molecular weight excluding hydrogens is 286 g/mol. The number of hydrogen-bond acceptors (Lipinski definition) is 3. The Kier molecular flexibility index (Phi) is 3.09. The van der Waals surface area contributed by atoms with E-state index in [1.165, 1.54) is 38.5 Å². The van der Waals surface area contributed by atoms with Crippen molar-refractivity contribution >= 4 is 0 Å². The first-order valence-electron chi connectivity index (χ1n) is 9.30. The molecule has 0 spiro atoms. The van der Waals surface area contributed by atoms with Gasteiger partial charge in [-0.25, -0.2) is 0 Å². The van der Waals surface area contributed by atoms with Gasteiger partial charge in [-0.3, -0.25) is 0 Å². The van der Waals surface area contributed by atoms with Gasteiger partial charge >= 0.3 is 0 Å². The van der Waals surface area contributed by atoms with Gasteiger partial charge in [-0.05, 0) is 73.3 Å². The number of benzene rings is 1. The minimum atomic E-state index is 0.0621. The van der Waals surface area contributed by atoms with Gasteiger partial charge in [0.15, 0.2) is 0 Å². The fraction of sp³-hybridized carbons (Fsp3) is 0.700. The number of nitrogens with two attached hydrogens (primary N) is 1. The SMILES string of the molecule is NC(C1Cc2c(O)cccc2CO1)C12CC3CC(CC(C3)C1)C2. The van der Waals surface area contributed by atoms with Crippen molar-refractivity contribution in [2.75, 3.05) is 0 Å². The van der Waals surface area contributed by atoms with Crippen molar-refractivity contribution in [3.8, 4) is 5.75 Å². The minimum absolute atomic E-state index is 0.0621. The van der Waals surface area contributed by atoms with E-state index in [1.54, 1.807) is 6.07 Å². The molecule has 0 amide bonds. The highest BCUT2D eigenvalue weighted by molar-refractivity contribution is 5.40. The van der Waals surface area contributed by atoms with E-state index in [0.717, 1.165) is 35.3 Å². The van der Waals surface area contributed by atoms with E-state index in [1.807, 2.05) is 6.07 Å². The van der Waals surface area contributed by atoms with Crippen LogP contribution in [0, 0.1) is 23.2 Å². The molecule has 4 fully saturated rings. The predicted molar refractivity (Wildman–Crippen MR) is 89.0 cm³/mol. The third-order valence-electron chi connectivity index (χ3n) is 7.30. The number of fused-ring (bicyclic) bond motifs is 1. The van der Waals surface area contributed by atoms with E-state index in [-0.39, 0.29) is 12.1 Å². The Morgan fingerprint density at radius 2 is 1.74 bits per heavy atom. The molecule has 0 saturated heterocycles. The zero-order valence-electron chi connectivity index (χ0n) is 13.7. The molecule has 1 aliphatic heterocycles. The van der Waals surface area contributed by atoms with Crippen molar-refractivity contribution in [3.05, 3.63) is 29.3 Å². The number of hydrogen-bond donors (Lipinski definition) is 2. The number of phenols is 1. The molecule has 4 bridgehead atoms. The van der Waals surface area contributed by atoms with Crippen LogP contribution in [0.1, 0.15) is 49.7 Å². The van der Waals surface area contributed by atoms with E-state index in [4.69, 9.17) is 10.5 Å². The lowest BCUT2D eigenvalue weighted by atomic mass is 9.47. The predicted octanol–water partition coefficient (Wildman–Crippen LogP) is 3.38. The number of aromatic hydroxyl groups is 1. The highest BCUT2D eigenvalue weighted by atomic mass is 16.5. The molecular formula is C20H27NO2. The van der Waals surface area contributed by atoms with Crippen LogP contribution in [0.5, 0.6) is 5.75 Å². The van der Waals surface area contributed by atoms with Crippen molar-refractivity contribution in [2.45, 2.75) is 63.7 Å². The molecule has 5 aliphatic rings. The van der Waals surface area contributed by atoms with Gasteiger partial charge in [-0.1, -0.05) is 12.1 Å². The Labute approximate surface area is 138 Å². The summed E-state index contributed by atoms with van der Waals surface area (Å²) in [5, 5.41) is 10.2. The molecule has 23 heavy (non-hydrogen) atoms. The van der Waals surface area contributed by atoms with Gasteiger partial charge < -0.3 is 15.6 Å². The quantitative estimate of drug-likeness (QED) is 0.880. The van der Waals surface area contributed by atoms with Gasteiger partial charge in [-0.15, -0.1) is 0 Å². The zero-order valence-corrected chi connectivity index (χ0v) is 13.7. The summed E-state index contributed by atoms with van der Waals surface area (Å²) in [4.78, 5) is 0. The van der Waals surface area contributed by atoms with Gasteiger partial charge in [0.05, 0.1) is 12.7 Å². The molecule has 1 aromatic carbocycles. The Bertz CT molecular complexity index is 591. The highest BCUT2D eigenvalue weighted by Gasteiger charge is 2.55. The number of rotatable bonds is 2. The minimum Gasteiger partial charge on any atom is -0.508 e.